The molecule has 0 aromatic carbocycles. The van der Waals surface area contributed by atoms with Crippen molar-refractivity contribution in [2.45, 2.75) is 20.3 Å². The van der Waals surface area contributed by atoms with Crippen LogP contribution in [0, 0.1) is 11.2 Å². The van der Waals surface area contributed by atoms with Gasteiger partial charge in [0.25, 0.3) is 0 Å². The number of carbonyl (C=O) groups is 1. The molecule has 1 rings (SSSR count). The van der Waals surface area contributed by atoms with Gasteiger partial charge < -0.3 is 15.5 Å². The fraction of sp³-hybridized carbons (Fsp3) is 0.500. The molecule has 0 fully saturated rings. The van der Waals surface area contributed by atoms with Crippen molar-refractivity contribution in [1.82, 2.24) is 4.98 Å². The number of pyridine rings is 1. The van der Waals surface area contributed by atoms with E-state index < -0.39 is 11.8 Å². The van der Waals surface area contributed by atoms with Crippen molar-refractivity contribution in [3.8, 4) is 0 Å². The van der Waals surface area contributed by atoms with Crippen LogP contribution in [-0.2, 0) is 0 Å². The lowest BCUT2D eigenvalue weighted by molar-refractivity contribution is 0.0696. The maximum Gasteiger partial charge on any atom is 0.339 e. The van der Waals surface area contributed by atoms with E-state index in [2.05, 4.69) is 10.3 Å². The van der Waals surface area contributed by atoms with Gasteiger partial charge in [-0.1, -0.05) is 13.8 Å². The SMILES string of the molecule is CC(C)(CCO)CNc1ncc(F)cc1C(=O)O. The highest BCUT2D eigenvalue weighted by Gasteiger charge is 2.19. The molecule has 0 saturated carbocycles. The minimum Gasteiger partial charge on any atom is -0.478 e. The molecule has 0 saturated heterocycles. The van der Waals surface area contributed by atoms with Crippen LogP contribution in [0.15, 0.2) is 12.3 Å². The van der Waals surface area contributed by atoms with Crippen molar-refractivity contribution in [2.75, 3.05) is 18.5 Å². The van der Waals surface area contributed by atoms with Crippen molar-refractivity contribution in [1.29, 1.82) is 0 Å². The minimum absolute atomic E-state index is 0.0529. The lowest BCUT2D eigenvalue weighted by atomic mass is 9.90. The number of nitrogens with zero attached hydrogens (tertiary/aromatic N) is 1. The van der Waals surface area contributed by atoms with Gasteiger partial charge in [0.15, 0.2) is 0 Å². The number of carboxylic acids is 1. The topological polar surface area (TPSA) is 82.5 Å². The van der Waals surface area contributed by atoms with Crippen LogP contribution >= 0.6 is 0 Å². The van der Waals surface area contributed by atoms with Crippen molar-refractivity contribution < 1.29 is 19.4 Å². The van der Waals surface area contributed by atoms with E-state index in [1.165, 1.54) is 0 Å². The van der Waals surface area contributed by atoms with E-state index in [1.807, 2.05) is 13.8 Å². The van der Waals surface area contributed by atoms with E-state index in [-0.39, 0.29) is 23.4 Å². The highest BCUT2D eigenvalue weighted by molar-refractivity contribution is 5.93. The summed E-state index contributed by atoms with van der Waals surface area (Å²) < 4.78 is 12.9. The van der Waals surface area contributed by atoms with E-state index in [9.17, 15) is 9.18 Å². The second kappa shape index (κ2) is 5.77. The van der Waals surface area contributed by atoms with Crippen molar-refractivity contribution in [3.63, 3.8) is 0 Å². The van der Waals surface area contributed by atoms with Gasteiger partial charge >= 0.3 is 5.97 Å². The molecule has 0 bridgehead atoms. The molecule has 1 aromatic rings. The monoisotopic (exact) mass is 256 g/mol. The summed E-state index contributed by atoms with van der Waals surface area (Å²) in [7, 11) is 0. The standard InChI is InChI=1S/C12H17FN2O3/c1-12(2,3-4-16)7-15-10-9(11(17)18)5-8(13)6-14-10/h5-6,16H,3-4,7H2,1-2H3,(H,14,15)(H,17,18). The first-order valence-electron chi connectivity index (χ1n) is 5.59. The summed E-state index contributed by atoms with van der Waals surface area (Å²) in [6.07, 6.45) is 1.54. The third-order valence-electron chi connectivity index (χ3n) is 2.61. The Morgan fingerprint density at radius 2 is 2.22 bits per heavy atom. The number of aliphatic hydroxyl groups excluding tert-OH is 1. The Hall–Kier alpha value is -1.69. The number of aromatic carboxylic acids is 1. The van der Waals surface area contributed by atoms with E-state index >= 15 is 0 Å². The summed E-state index contributed by atoms with van der Waals surface area (Å²) in [6.45, 7) is 4.35. The Morgan fingerprint density at radius 3 is 2.78 bits per heavy atom. The first-order chi connectivity index (χ1) is 8.35. The Kier molecular flexibility index (Phi) is 4.61. The Bertz CT molecular complexity index is 435. The maximum absolute atomic E-state index is 12.9. The second-order valence-electron chi connectivity index (χ2n) is 4.85. The predicted molar refractivity (Wildman–Crippen MR) is 65.1 cm³/mol. The van der Waals surface area contributed by atoms with Crippen LogP contribution in [0.4, 0.5) is 10.2 Å². The maximum atomic E-state index is 12.9. The fourth-order valence-electron chi connectivity index (χ4n) is 1.46. The Morgan fingerprint density at radius 1 is 1.56 bits per heavy atom. The third-order valence-corrected chi connectivity index (χ3v) is 2.61. The van der Waals surface area contributed by atoms with E-state index in [4.69, 9.17) is 10.2 Å². The van der Waals surface area contributed by atoms with Gasteiger partial charge in [-0.3, -0.25) is 0 Å². The lowest BCUT2D eigenvalue weighted by Gasteiger charge is -2.24. The number of nitrogens with one attached hydrogen (secondary N) is 1. The lowest BCUT2D eigenvalue weighted by Crippen LogP contribution is -2.25. The average Bonchev–Trinajstić information content (AvgIpc) is 2.27. The molecule has 0 spiro atoms. The first-order valence-corrected chi connectivity index (χ1v) is 5.59. The molecular formula is C12H17FN2O3. The number of aliphatic hydroxyl groups is 1. The molecule has 0 aliphatic carbocycles. The van der Waals surface area contributed by atoms with Crippen LogP contribution in [0.3, 0.4) is 0 Å². The first kappa shape index (κ1) is 14.4. The molecule has 1 aromatic heterocycles. The molecule has 5 nitrogen and oxygen atoms in total. The van der Waals surface area contributed by atoms with E-state index in [0.29, 0.717) is 13.0 Å². The molecule has 0 unspecified atom stereocenters. The summed E-state index contributed by atoms with van der Waals surface area (Å²) in [6, 6.07) is 0.927. The normalized spacial score (nSPS) is 11.3. The summed E-state index contributed by atoms with van der Waals surface area (Å²) in [4.78, 5) is 14.7. The Labute approximate surface area is 105 Å². The van der Waals surface area contributed by atoms with Gasteiger partial charge in [-0.15, -0.1) is 0 Å². The number of anilines is 1. The van der Waals surface area contributed by atoms with E-state index in [0.717, 1.165) is 12.3 Å². The van der Waals surface area contributed by atoms with E-state index in [1.54, 1.807) is 0 Å². The van der Waals surface area contributed by atoms with Gasteiger partial charge in [0.05, 0.1) is 6.20 Å². The average molecular weight is 256 g/mol. The van der Waals surface area contributed by atoms with Crippen LogP contribution in [0.5, 0.6) is 0 Å². The number of rotatable bonds is 6. The number of aromatic nitrogens is 1. The van der Waals surface area contributed by atoms with Crippen molar-refractivity contribution in [3.05, 3.63) is 23.6 Å². The van der Waals surface area contributed by atoms with Gasteiger partial charge in [-0.25, -0.2) is 14.2 Å². The number of carboxylic acid groups (broad SMARTS) is 1. The van der Waals surface area contributed by atoms with Crippen LogP contribution in [-0.4, -0.2) is 34.3 Å². The molecule has 6 heteroatoms. The van der Waals surface area contributed by atoms with Gasteiger partial charge in [0, 0.05) is 13.2 Å². The zero-order valence-corrected chi connectivity index (χ0v) is 10.4. The molecule has 100 valence electrons. The largest absolute Gasteiger partial charge is 0.478 e. The minimum atomic E-state index is -1.23. The molecule has 0 amide bonds. The van der Waals surface area contributed by atoms with Gasteiger partial charge in [-0.2, -0.15) is 0 Å². The highest BCUT2D eigenvalue weighted by Crippen LogP contribution is 2.21. The fourth-order valence-corrected chi connectivity index (χ4v) is 1.46. The predicted octanol–water partition coefficient (Wildman–Crippen LogP) is 1.74. The molecule has 0 radical (unpaired) electrons. The molecule has 1 heterocycles. The highest BCUT2D eigenvalue weighted by atomic mass is 19.1. The van der Waals surface area contributed by atoms with Gasteiger partial charge in [0.1, 0.15) is 17.2 Å². The second-order valence-corrected chi connectivity index (χ2v) is 4.85. The van der Waals surface area contributed by atoms with Crippen LogP contribution in [0.25, 0.3) is 0 Å². The number of hydrogen-bond acceptors (Lipinski definition) is 4. The molecule has 18 heavy (non-hydrogen) atoms. The van der Waals surface area contributed by atoms with Crippen LogP contribution in [0.2, 0.25) is 0 Å². The van der Waals surface area contributed by atoms with Gasteiger partial charge in [0.2, 0.25) is 0 Å². The summed E-state index contributed by atoms with van der Waals surface area (Å²) in [5.41, 5.74) is -0.407. The summed E-state index contributed by atoms with van der Waals surface area (Å²) in [5.74, 6) is -1.79. The summed E-state index contributed by atoms with van der Waals surface area (Å²) in [5, 5.41) is 20.7. The zero-order valence-electron chi connectivity index (χ0n) is 10.4. The van der Waals surface area contributed by atoms with Crippen LogP contribution < -0.4 is 5.32 Å². The number of halogens is 1. The Balaban J connectivity index is 2.82. The quantitative estimate of drug-likeness (QED) is 0.722. The van der Waals surface area contributed by atoms with Gasteiger partial charge in [-0.05, 0) is 17.9 Å². The summed E-state index contributed by atoms with van der Waals surface area (Å²) >= 11 is 0. The third kappa shape index (κ3) is 3.96. The van der Waals surface area contributed by atoms with Crippen molar-refractivity contribution >= 4 is 11.8 Å². The zero-order chi connectivity index (χ0) is 13.8. The van der Waals surface area contributed by atoms with Crippen molar-refractivity contribution in [2.24, 2.45) is 5.41 Å². The molecule has 0 atom stereocenters. The molecule has 3 N–H and O–H groups in total. The van der Waals surface area contributed by atoms with Crippen LogP contribution in [0.1, 0.15) is 30.6 Å². The number of hydrogen-bond donors (Lipinski definition) is 3. The molecule has 0 aliphatic heterocycles. The molecular weight excluding hydrogens is 239 g/mol. The molecule has 0 aliphatic rings. The smallest absolute Gasteiger partial charge is 0.339 e.